The quantitative estimate of drug-likeness (QED) is 0.683. The van der Waals surface area contributed by atoms with E-state index in [0.717, 1.165) is 22.6 Å². The van der Waals surface area contributed by atoms with E-state index in [-0.39, 0.29) is 6.61 Å². The second kappa shape index (κ2) is 7.37. The first kappa shape index (κ1) is 16.4. The van der Waals surface area contributed by atoms with Gasteiger partial charge in [0.1, 0.15) is 12.3 Å². The van der Waals surface area contributed by atoms with E-state index in [1.54, 1.807) is 23.9 Å². The number of benzene rings is 1. The smallest absolute Gasteiger partial charge is 0.233 e. The first-order valence-corrected chi connectivity index (χ1v) is 7.66. The summed E-state index contributed by atoms with van der Waals surface area (Å²) >= 11 is 5.71. The molecule has 0 atom stereocenters. The molecular formula is C16H16ClN5O2. The van der Waals surface area contributed by atoms with Crippen molar-refractivity contribution in [2.24, 2.45) is 0 Å². The van der Waals surface area contributed by atoms with Crippen LogP contribution in [0.25, 0.3) is 5.69 Å². The highest BCUT2D eigenvalue weighted by atomic mass is 35.5. The standard InChI is InChI=1S/C16H16ClN5O2/c1-11-14(10-24-16-8-7-15(17)19-20-16)22(21-18-11)13-5-3-12(4-6-13)9-23-2/h3-8H,9-10H2,1-2H3. The lowest BCUT2D eigenvalue weighted by Gasteiger charge is -2.09. The van der Waals surface area contributed by atoms with Crippen LogP contribution in [0.3, 0.4) is 0 Å². The van der Waals surface area contributed by atoms with Crippen LogP contribution in [0.2, 0.25) is 5.15 Å². The van der Waals surface area contributed by atoms with Crippen LogP contribution >= 0.6 is 11.6 Å². The van der Waals surface area contributed by atoms with Gasteiger partial charge in [-0.3, -0.25) is 0 Å². The summed E-state index contributed by atoms with van der Waals surface area (Å²) in [6, 6.07) is 11.2. The number of rotatable bonds is 6. The van der Waals surface area contributed by atoms with Crippen LogP contribution in [0.15, 0.2) is 36.4 Å². The fourth-order valence-corrected chi connectivity index (χ4v) is 2.27. The maximum atomic E-state index is 5.71. The Morgan fingerprint density at radius 3 is 2.46 bits per heavy atom. The molecule has 0 saturated carbocycles. The molecular weight excluding hydrogens is 330 g/mol. The molecule has 3 aromatic rings. The summed E-state index contributed by atoms with van der Waals surface area (Å²) < 4.78 is 12.5. The number of halogens is 1. The summed E-state index contributed by atoms with van der Waals surface area (Å²) in [6.07, 6.45) is 0. The van der Waals surface area contributed by atoms with Crippen LogP contribution in [-0.2, 0) is 18.0 Å². The zero-order valence-corrected chi connectivity index (χ0v) is 14.1. The van der Waals surface area contributed by atoms with E-state index < -0.39 is 0 Å². The Balaban J connectivity index is 1.79. The van der Waals surface area contributed by atoms with Gasteiger partial charge < -0.3 is 9.47 Å². The number of ether oxygens (including phenoxy) is 2. The number of hydrogen-bond acceptors (Lipinski definition) is 6. The Labute approximate surface area is 144 Å². The first-order chi connectivity index (χ1) is 11.7. The molecule has 7 nitrogen and oxygen atoms in total. The summed E-state index contributed by atoms with van der Waals surface area (Å²) in [5.41, 5.74) is 3.62. The van der Waals surface area contributed by atoms with Gasteiger partial charge in [0.05, 0.1) is 18.0 Å². The first-order valence-electron chi connectivity index (χ1n) is 7.29. The van der Waals surface area contributed by atoms with Crippen molar-refractivity contribution in [2.45, 2.75) is 20.1 Å². The highest BCUT2D eigenvalue weighted by Gasteiger charge is 2.12. The van der Waals surface area contributed by atoms with Crippen molar-refractivity contribution >= 4 is 11.6 Å². The van der Waals surface area contributed by atoms with Gasteiger partial charge in [-0.15, -0.1) is 15.3 Å². The molecule has 0 aliphatic carbocycles. The molecule has 0 saturated heterocycles. The van der Waals surface area contributed by atoms with Gasteiger partial charge in [-0.2, -0.15) is 0 Å². The summed E-state index contributed by atoms with van der Waals surface area (Å²) in [4.78, 5) is 0. The van der Waals surface area contributed by atoms with Gasteiger partial charge in [-0.25, -0.2) is 4.68 Å². The third kappa shape index (κ3) is 3.69. The van der Waals surface area contributed by atoms with Gasteiger partial charge in [-0.05, 0) is 30.7 Å². The second-order valence-electron chi connectivity index (χ2n) is 5.12. The molecule has 124 valence electrons. The van der Waals surface area contributed by atoms with Crippen LogP contribution in [0.4, 0.5) is 0 Å². The van der Waals surface area contributed by atoms with E-state index in [1.807, 2.05) is 31.2 Å². The molecule has 2 aromatic heterocycles. The van der Waals surface area contributed by atoms with E-state index in [9.17, 15) is 0 Å². The molecule has 1 aromatic carbocycles. The average Bonchev–Trinajstić information content (AvgIpc) is 2.96. The predicted molar refractivity (Wildman–Crippen MR) is 88.2 cm³/mol. The molecule has 0 radical (unpaired) electrons. The van der Waals surface area contributed by atoms with Crippen LogP contribution in [0.5, 0.6) is 5.88 Å². The van der Waals surface area contributed by atoms with Crippen molar-refractivity contribution in [2.75, 3.05) is 7.11 Å². The number of nitrogens with zero attached hydrogens (tertiary/aromatic N) is 5. The molecule has 3 rings (SSSR count). The Morgan fingerprint density at radius 2 is 1.79 bits per heavy atom. The van der Waals surface area contributed by atoms with Crippen molar-refractivity contribution in [3.63, 3.8) is 0 Å². The van der Waals surface area contributed by atoms with Gasteiger partial charge in [0, 0.05) is 13.2 Å². The molecule has 24 heavy (non-hydrogen) atoms. The maximum Gasteiger partial charge on any atom is 0.233 e. The zero-order valence-electron chi connectivity index (χ0n) is 13.3. The van der Waals surface area contributed by atoms with Crippen molar-refractivity contribution in [1.29, 1.82) is 0 Å². The summed E-state index contributed by atoms with van der Waals surface area (Å²) in [5, 5.41) is 16.3. The fourth-order valence-electron chi connectivity index (χ4n) is 2.17. The molecule has 0 fully saturated rings. The normalized spacial score (nSPS) is 10.8. The minimum Gasteiger partial charge on any atom is -0.470 e. The third-order valence-electron chi connectivity index (χ3n) is 3.41. The zero-order chi connectivity index (χ0) is 16.9. The highest BCUT2D eigenvalue weighted by molar-refractivity contribution is 6.29. The van der Waals surface area contributed by atoms with E-state index in [1.165, 1.54) is 0 Å². The van der Waals surface area contributed by atoms with Crippen LogP contribution < -0.4 is 4.74 Å². The van der Waals surface area contributed by atoms with E-state index in [4.69, 9.17) is 21.1 Å². The van der Waals surface area contributed by atoms with E-state index in [0.29, 0.717) is 17.6 Å². The summed E-state index contributed by atoms with van der Waals surface area (Å²) in [5.74, 6) is 0.391. The minimum absolute atomic E-state index is 0.273. The topological polar surface area (TPSA) is 75.0 Å². The minimum atomic E-state index is 0.273. The fraction of sp³-hybridized carbons (Fsp3) is 0.250. The van der Waals surface area contributed by atoms with Crippen molar-refractivity contribution in [1.82, 2.24) is 25.2 Å². The lowest BCUT2D eigenvalue weighted by molar-refractivity contribution is 0.185. The molecule has 0 bridgehead atoms. The lowest BCUT2D eigenvalue weighted by atomic mass is 10.2. The van der Waals surface area contributed by atoms with Crippen molar-refractivity contribution in [3.8, 4) is 11.6 Å². The molecule has 2 heterocycles. The summed E-state index contributed by atoms with van der Waals surface area (Å²) in [7, 11) is 1.67. The van der Waals surface area contributed by atoms with Gasteiger partial charge in [0.15, 0.2) is 5.15 Å². The van der Waals surface area contributed by atoms with Gasteiger partial charge >= 0.3 is 0 Å². The largest absolute Gasteiger partial charge is 0.470 e. The van der Waals surface area contributed by atoms with Crippen LogP contribution in [0.1, 0.15) is 17.0 Å². The molecule has 8 heteroatoms. The highest BCUT2D eigenvalue weighted by Crippen LogP contribution is 2.16. The second-order valence-corrected chi connectivity index (χ2v) is 5.50. The predicted octanol–water partition coefficient (Wildman–Crippen LogP) is 2.74. The third-order valence-corrected chi connectivity index (χ3v) is 3.62. The molecule has 0 amide bonds. The number of aryl methyl sites for hydroxylation is 1. The molecule has 0 aliphatic heterocycles. The van der Waals surface area contributed by atoms with Crippen molar-refractivity contribution in [3.05, 3.63) is 58.5 Å². The Hall–Kier alpha value is -2.51. The molecule has 0 unspecified atom stereocenters. The molecule has 0 N–H and O–H groups in total. The summed E-state index contributed by atoms with van der Waals surface area (Å²) in [6.45, 7) is 2.73. The Kier molecular flexibility index (Phi) is 5.02. The average molecular weight is 346 g/mol. The van der Waals surface area contributed by atoms with Crippen molar-refractivity contribution < 1.29 is 9.47 Å². The maximum absolute atomic E-state index is 5.71. The number of hydrogen-bond donors (Lipinski definition) is 0. The lowest BCUT2D eigenvalue weighted by Crippen LogP contribution is -2.07. The van der Waals surface area contributed by atoms with Crippen LogP contribution in [-0.4, -0.2) is 32.3 Å². The van der Waals surface area contributed by atoms with E-state index >= 15 is 0 Å². The Morgan fingerprint density at radius 1 is 1.00 bits per heavy atom. The van der Waals surface area contributed by atoms with Crippen LogP contribution in [0, 0.1) is 6.92 Å². The van der Waals surface area contributed by atoms with E-state index in [2.05, 4.69) is 20.5 Å². The number of methoxy groups -OCH3 is 1. The molecule has 0 aliphatic rings. The van der Waals surface area contributed by atoms with Gasteiger partial charge in [0.25, 0.3) is 0 Å². The Bertz CT molecular complexity index is 802. The monoisotopic (exact) mass is 345 g/mol. The van der Waals surface area contributed by atoms with Gasteiger partial charge in [0.2, 0.25) is 5.88 Å². The number of aromatic nitrogens is 5. The SMILES string of the molecule is COCc1ccc(-n2nnc(C)c2COc2ccc(Cl)nn2)cc1. The van der Waals surface area contributed by atoms with Gasteiger partial charge in [-0.1, -0.05) is 28.9 Å². The molecule has 0 spiro atoms.